The molecule has 0 aromatic carbocycles. The Kier molecular flexibility index (Phi) is 8.92. The summed E-state index contributed by atoms with van der Waals surface area (Å²) in [6.07, 6.45) is 1.10. The van der Waals surface area contributed by atoms with E-state index in [9.17, 15) is 4.79 Å². The van der Waals surface area contributed by atoms with Crippen molar-refractivity contribution in [1.29, 1.82) is 0 Å². The molecule has 0 unspecified atom stereocenters. The Bertz CT molecular complexity index is 70.1. The second-order valence-corrected chi connectivity index (χ2v) is 0.776. The summed E-state index contributed by atoms with van der Waals surface area (Å²) in [4.78, 5) is 9.75. The van der Waals surface area contributed by atoms with Crippen molar-refractivity contribution < 1.29 is 9.53 Å². The van der Waals surface area contributed by atoms with Crippen LogP contribution in [0.2, 0.25) is 0 Å². The van der Waals surface area contributed by atoms with Gasteiger partial charge in [0.15, 0.2) is 0 Å². The molecule has 0 N–H and O–H groups in total. The van der Waals surface area contributed by atoms with Gasteiger partial charge in [-0.3, -0.25) is 4.79 Å². The van der Waals surface area contributed by atoms with E-state index in [-0.39, 0.29) is 33.3 Å². The van der Waals surface area contributed by atoms with Crippen molar-refractivity contribution in [2.45, 2.75) is 6.92 Å². The van der Waals surface area contributed by atoms with Gasteiger partial charge in [-0.2, -0.15) is 0 Å². The third-order valence-corrected chi connectivity index (χ3v) is 0.249. The zero-order chi connectivity index (χ0) is 4.99. The third kappa shape index (κ3) is 10.7. The van der Waals surface area contributed by atoms with Gasteiger partial charge in [-0.1, -0.05) is 6.58 Å². The van der Waals surface area contributed by atoms with Crippen LogP contribution < -0.4 is 0 Å². The minimum atomic E-state index is -0.329. The molecule has 0 saturated carbocycles. The normalized spacial score (nSPS) is 5.86. The van der Waals surface area contributed by atoms with Crippen LogP contribution >= 0.6 is 0 Å². The van der Waals surface area contributed by atoms with Crippen LogP contribution in [0.1, 0.15) is 6.92 Å². The monoisotopic (exact) mass is 298 g/mol. The van der Waals surface area contributed by atoms with Gasteiger partial charge in [-0.05, 0) is 0 Å². The van der Waals surface area contributed by atoms with E-state index < -0.39 is 0 Å². The Hall–Kier alpha value is 0.132. The molecule has 0 aliphatic heterocycles. The van der Waals surface area contributed by atoms with E-state index in [0.717, 1.165) is 6.26 Å². The zero-order valence-corrected chi connectivity index (χ0v) is 3.60. The number of hydrogen-bond donors (Lipinski definition) is 0. The summed E-state index contributed by atoms with van der Waals surface area (Å²) in [6, 6.07) is 0. The molecule has 7 heavy (non-hydrogen) atoms. The van der Waals surface area contributed by atoms with Crippen molar-refractivity contribution in [2.24, 2.45) is 0 Å². The van der Waals surface area contributed by atoms with Gasteiger partial charge in [0.1, 0.15) is 0 Å². The van der Waals surface area contributed by atoms with Crippen molar-refractivity contribution in [2.75, 3.05) is 0 Å². The molecule has 2 nitrogen and oxygen atoms in total. The number of ether oxygens (including phenoxy) is 1. The molecule has 0 atom stereocenters. The van der Waals surface area contributed by atoms with E-state index in [1.54, 1.807) is 0 Å². The molecule has 0 fully saturated rings. The molecule has 0 rings (SSSR count). The fourth-order valence-electron chi connectivity index (χ4n) is 0.117. The Labute approximate surface area is 62.7 Å². The van der Waals surface area contributed by atoms with Crippen molar-refractivity contribution in [3.05, 3.63) is 12.8 Å². The van der Waals surface area contributed by atoms with Gasteiger partial charge in [0, 0.05) is 6.92 Å². The molecule has 0 saturated heterocycles. The van der Waals surface area contributed by atoms with E-state index in [4.69, 9.17) is 0 Å². The molecule has 0 bridgehead atoms. The summed E-state index contributed by atoms with van der Waals surface area (Å²) in [5, 5.41) is 0. The molecular weight excluding hydrogens is 287 g/mol. The fraction of sp³-hybridized carbons (Fsp3) is 0.250. The molecule has 0 aromatic rings. The van der Waals surface area contributed by atoms with Crippen molar-refractivity contribution in [3.63, 3.8) is 0 Å². The van der Waals surface area contributed by atoms with Crippen LogP contribution in [0.25, 0.3) is 0 Å². The number of carbonyl (C=O) groups excluding carboxylic acids is 1. The molecule has 0 aliphatic carbocycles. The topological polar surface area (TPSA) is 26.3 Å². The minimum absolute atomic E-state index is 0. The predicted octanol–water partition coefficient (Wildman–Crippen LogP) is -0.759. The third-order valence-electron chi connectivity index (χ3n) is 0.249. The SMILES string of the molecule is C=COC(C)=O.[PbH4]. The van der Waals surface area contributed by atoms with Gasteiger partial charge in [0.05, 0.1) is 6.26 Å². The number of carbonyl (C=O) groups is 1. The number of esters is 1. The first-order valence-electron chi connectivity index (χ1n) is 1.55. The van der Waals surface area contributed by atoms with Crippen LogP contribution in [0.5, 0.6) is 0 Å². The Morgan fingerprint density at radius 1 is 1.86 bits per heavy atom. The van der Waals surface area contributed by atoms with Crippen LogP contribution in [0.15, 0.2) is 12.8 Å². The first-order valence-corrected chi connectivity index (χ1v) is 1.55. The second-order valence-electron chi connectivity index (χ2n) is 0.776. The van der Waals surface area contributed by atoms with E-state index in [0.29, 0.717) is 0 Å². The first kappa shape index (κ1) is 10.2. The van der Waals surface area contributed by atoms with Gasteiger partial charge < -0.3 is 4.74 Å². The fourth-order valence-corrected chi connectivity index (χ4v) is 0.117. The maximum absolute atomic E-state index is 9.75. The summed E-state index contributed by atoms with van der Waals surface area (Å²) in [6.45, 7) is 4.48. The van der Waals surface area contributed by atoms with Crippen LogP contribution in [-0.4, -0.2) is 33.3 Å². The molecule has 0 radical (unpaired) electrons. The van der Waals surface area contributed by atoms with Crippen molar-refractivity contribution >= 4 is 33.3 Å². The van der Waals surface area contributed by atoms with Crippen LogP contribution in [0, 0.1) is 0 Å². The van der Waals surface area contributed by atoms with Gasteiger partial charge in [-0.25, -0.2) is 0 Å². The van der Waals surface area contributed by atoms with Crippen molar-refractivity contribution in [1.82, 2.24) is 0 Å². The average Bonchev–Trinajstić information content (AvgIpc) is 1.35. The zero-order valence-electron chi connectivity index (χ0n) is 3.60. The quantitative estimate of drug-likeness (QED) is 0.361. The van der Waals surface area contributed by atoms with E-state index in [1.807, 2.05) is 0 Å². The molecule has 0 aliphatic rings. The van der Waals surface area contributed by atoms with E-state index in [1.165, 1.54) is 6.92 Å². The average molecular weight is 297 g/mol. The van der Waals surface area contributed by atoms with Gasteiger partial charge in [0.25, 0.3) is 0 Å². The standard InChI is InChI=1S/C4H6O2.Pb.4H/c1-3-6-4(2)5;;;;;/h3H,1H2,2H3;;;;;. The second kappa shape index (κ2) is 6.13. The van der Waals surface area contributed by atoms with E-state index in [2.05, 4.69) is 11.3 Å². The van der Waals surface area contributed by atoms with E-state index >= 15 is 0 Å². The summed E-state index contributed by atoms with van der Waals surface area (Å²) in [7, 11) is 0. The number of hydrogen-bond acceptors (Lipinski definition) is 2. The molecule has 0 amide bonds. The Morgan fingerprint density at radius 2 is 2.29 bits per heavy atom. The van der Waals surface area contributed by atoms with Crippen LogP contribution in [0.3, 0.4) is 0 Å². The Balaban J connectivity index is 0. The van der Waals surface area contributed by atoms with Crippen LogP contribution in [0.4, 0.5) is 0 Å². The Morgan fingerprint density at radius 3 is 2.29 bits per heavy atom. The molecular formula is C4H10O2Pb. The number of rotatable bonds is 1. The van der Waals surface area contributed by atoms with Gasteiger partial charge >= 0.3 is 33.3 Å². The first-order chi connectivity index (χ1) is 2.77. The molecule has 0 aromatic heterocycles. The maximum atomic E-state index is 9.75. The van der Waals surface area contributed by atoms with Crippen molar-refractivity contribution in [3.8, 4) is 0 Å². The summed E-state index contributed by atoms with van der Waals surface area (Å²) < 4.78 is 4.17. The molecule has 3 heteroatoms. The summed E-state index contributed by atoms with van der Waals surface area (Å²) in [5.74, 6) is -0.329. The predicted molar refractivity (Wildman–Crippen MR) is 33.3 cm³/mol. The summed E-state index contributed by atoms with van der Waals surface area (Å²) >= 11 is 0. The van der Waals surface area contributed by atoms with Gasteiger partial charge in [-0.15, -0.1) is 0 Å². The summed E-state index contributed by atoms with van der Waals surface area (Å²) in [5.41, 5.74) is 0. The molecule has 42 valence electrons. The van der Waals surface area contributed by atoms with Crippen LogP contribution in [-0.2, 0) is 9.53 Å². The molecule has 0 spiro atoms. The van der Waals surface area contributed by atoms with Gasteiger partial charge in [0.2, 0.25) is 0 Å². The molecule has 0 heterocycles.